The molecule has 0 spiro atoms. The third-order valence-electron chi connectivity index (χ3n) is 3.56. The van der Waals surface area contributed by atoms with Crippen LogP contribution in [0.15, 0.2) is 60.8 Å². The van der Waals surface area contributed by atoms with Gasteiger partial charge in [-0.25, -0.2) is 0 Å². The highest BCUT2D eigenvalue weighted by Gasteiger charge is 2.06. The number of carbonyl (C=O) groups excluding carboxylic acids is 1. The zero-order valence-corrected chi connectivity index (χ0v) is 13.9. The van der Waals surface area contributed by atoms with Gasteiger partial charge in [-0.3, -0.25) is 9.78 Å². The molecule has 0 aliphatic carbocycles. The first kappa shape index (κ1) is 16.6. The average Bonchev–Trinajstić information content (AvgIpc) is 2.62. The second-order valence-corrected chi connectivity index (χ2v) is 5.69. The summed E-state index contributed by atoms with van der Waals surface area (Å²) in [7, 11) is 0. The average molecular weight is 333 g/mol. The van der Waals surface area contributed by atoms with E-state index in [0.717, 1.165) is 16.8 Å². The Morgan fingerprint density at radius 1 is 1.00 bits per heavy atom. The highest BCUT2D eigenvalue weighted by molar-refractivity contribution is 5.91. The van der Waals surface area contributed by atoms with E-state index in [9.17, 15) is 4.79 Å². The molecule has 3 aromatic rings. The van der Waals surface area contributed by atoms with Gasteiger partial charge in [0, 0.05) is 6.20 Å². The maximum atomic E-state index is 12.1. The van der Waals surface area contributed by atoms with Crippen molar-refractivity contribution in [3.05, 3.63) is 77.6 Å². The highest BCUT2D eigenvalue weighted by atomic mass is 16.1. The smallest absolute Gasteiger partial charge is 0.229 e. The number of amides is 1. The molecule has 0 aliphatic heterocycles. The molecule has 2 heterocycles. The Balaban J connectivity index is 1.52. The van der Waals surface area contributed by atoms with Crippen molar-refractivity contribution in [1.29, 1.82) is 0 Å². The van der Waals surface area contributed by atoms with Crippen molar-refractivity contribution in [3.63, 3.8) is 0 Å². The lowest BCUT2D eigenvalue weighted by atomic mass is 10.1. The van der Waals surface area contributed by atoms with Crippen molar-refractivity contribution in [2.75, 3.05) is 10.6 Å². The van der Waals surface area contributed by atoms with E-state index in [4.69, 9.17) is 0 Å². The molecule has 2 N–H and O–H groups in total. The normalized spacial score (nSPS) is 10.3. The summed E-state index contributed by atoms with van der Waals surface area (Å²) in [4.78, 5) is 16.3. The van der Waals surface area contributed by atoms with Gasteiger partial charge in [0.25, 0.3) is 0 Å². The molecule has 0 bridgehead atoms. The van der Waals surface area contributed by atoms with Crippen LogP contribution in [0.4, 0.5) is 11.6 Å². The zero-order chi connectivity index (χ0) is 17.5. The number of nitrogens with zero attached hydrogens (tertiary/aromatic N) is 3. The second kappa shape index (κ2) is 8.01. The Kier molecular flexibility index (Phi) is 5.31. The summed E-state index contributed by atoms with van der Waals surface area (Å²) in [6.45, 7) is 2.57. The summed E-state index contributed by atoms with van der Waals surface area (Å²) < 4.78 is 0. The molecule has 0 fully saturated rings. The Morgan fingerprint density at radius 2 is 1.84 bits per heavy atom. The number of rotatable bonds is 6. The van der Waals surface area contributed by atoms with Crippen molar-refractivity contribution < 1.29 is 4.79 Å². The number of hydrogen-bond donors (Lipinski definition) is 2. The largest absolute Gasteiger partial charge is 0.363 e. The SMILES string of the molecule is Cc1cccc(CC(=O)Nc2ccc(NCc3ccccn3)nn2)c1. The molecule has 0 atom stereocenters. The van der Waals surface area contributed by atoms with Crippen molar-refractivity contribution in [3.8, 4) is 0 Å². The number of anilines is 2. The minimum Gasteiger partial charge on any atom is -0.363 e. The van der Waals surface area contributed by atoms with E-state index in [2.05, 4.69) is 25.8 Å². The molecule has 0 saturated carbocycles. The lowest BCUT2D eigenvalue weighted by molar-refractivity contribution is -0.115. The van der Waals surface area contributed by atoms with Crippen LogP contribution in [0.5, 0.6) is 0 Å². The first-order valence-electron chi connectivity index (χ1n) is 8.02. The second-order valence-electron chi connectivity index (χ2n) is 5.69. The van der Waals surface area contributed by atoms with Gasteiger partial charge in [0.05, 0.1) is 18.7 Å². The van der Waals surface area contributed by atoms with E-state index in [1.807, 2.05) is 49.4 Å². The minimum atomic E-state index is -0.117. The number of aryl methyl sites for hydroxylation is 1. The van der Waals surface area contributed by atoms with Crippen molar-refractivity contribution >= 4 is 17.5 Å². The molecule has 3 rings (SSSR count). The van der Waals surface area contributed by atoms with Crippen molar-refractivity contribution in [1.82, 2.24) is 15.2 Å². The highest BCUT2D eigenvalue weighted by Crippen LogP contribution is 2.09. The Labute approximate surface area is 146 Å². The van der Waals surface area contributed by atoms with E-state index >= 15 is 0 Å². The van der Waals surface area contributed by atoms with Crippen LogP contribution >= 0.6 is 0 Å². The van der Waals surface area contributed by atoms with E-state index in [0.29, 0.717) is 24.6 Å². The van der Waals surface area contributed by atoms with Gasteiger partial charge in [0.2, 0.25) is 5.91 Å². The van der Waals surface area contributed by atoms with Gasteiger partial charge in [0.1, 0.15) is 5.82 Å². The van der Waals surface area contributed by atoms with Crippen LogP contribution in [0.1, 0.15) is 16.8 Å². The molecular formula is C19H19N5O. The molecular weight excluding hydrogens is 314 g/mol. The summed E-state index contributed by atoms with van der Waals surface area (Å²) in [5.74, 6) is 0.942. The number of pyridine rings is 1. The molecule has 1 amide bonds. The molecule has 0 aliphatic rings. The van der Waals surface area contributed by atoms with Crippen LogP contribution in [0.2, 0.25) is 0 Å². The summed E-state index contributed by atoms with van der Waals surface area (Å²) >= 11 is 0. The first-order valence-corrected chi connectivity index (χ1v) is 8.02. The van der Waals surface area contributed by atoms with Crippen LogP contribution in [0.3, 0.4) is 0 Å². The van der Waals surface area contributed by atoms with Crippen LogP contribution in [-0.2, 0) is 17.8 Å². The predicted molar refractivity (Wildman–Crippen MR) is 97.1 cm³/mol. The number of benzene rings is 1. The van der Waals surface area contributed by atoms with Crippen LogP contribution in [0.25, 0.3) is 0 Å². The zero-order valence-electron chi connectivity index (χ0n) is 13.9. The molecule has 0 radical (unpaired) electrons. The third kappa shape index (κ3) is 5.10. The van der Waals surface area contributed by atoms with E-state index < -0.39 is 0 Å². The molecule has 0 saturated heterocycles. The van der Waals surface area contributed by atoms with Gasteiger partial charge >= 0.3 is 0 Å². The molecule has 0 unspecified atom stereocenters. The van der Waals surface area contributed by atoms with Crippen LogP contribution in [0, 0.1) is 6.92 Å². The van der Waals surface area contributed by atoms with Crippen molar-refractivity contribution in [2.45, 2.75) is 19.9 Å². The van der Waals surface area contributed by atoms with Crippen molar-refractivity contribution in [2.24, 2.45) is 0 Å². The van der Waals surface area contributed by atoms with Gasteiger partial charge in [-0.1, -0.05) is 35.9 Å². The first-order chi connectivity index (χ1) is 12.2. The lowest BCUT2D eigenvalue weighted by Crippen LogP contribution is -2.16. The number of aromatic nitrogens is 3. The maximum Gasteiger partial charge on any atom is 0.229 e. The van der Waals surface area contributed by atoms with Crippen LogP contribution < -0.4 is 10.6 Å². The number of nitrogens with one attached hydrogen (secondary N) is 2. The predicted octanol–water partition coefficient (Wildman–Crippen LogP) is 2.97. The van der Waals surface area contributed by atoms with E-state index in [-0.39, 0.29) is 5.91 Å². The molecule has 25 heavy (non-hydrogen) atoms. The molecule has 1 aromatic carbocycles. The van der Waals surface area contributed by atoms with Crippen LogP contribution in [-0.4, -0.2) is 21.1 Å². The fourth-order valence-corrected chi connectivity index (χ4v) is 2.37. The molecule has 126 valence electrons. The lowest BCUT2D eigenvalue weighted by Gasteiger charge is -2.07. The third-order valence-corrected chi connectivity index (χ3v) is 3.56. The van der Waals surface area contributed by atoms with Gasteiger partial charge < -0.3 is 10.6 Å². The summed E-state index contributed by atoms with van der Waals surface area (Å²) in [6, 6.07) is 17.1. The summed E-state index contributed by atoms with van der Waals surface area (Å²) in [6.07, 6.45) is 2.05. The maximum absolute atomic E-state index is 12.1. The van der Waals surface area contributed by atoms with Gasteiger partial charge in [-0.2, -0.15) is 0 Å². The molecule has 6 nitrogen and oxygen atoms in total. The summed E-state index contributed by atoms with van der Waals surface area (Å²) in [5.41, 5.74) is 3.02. The quantitative estimate of drug-likeness (QED) is 0.725. The van der Waals surface area contributed by atoms with Gasteiger partial charge in [0.15, 0.2) is 5.82 Å². The number of carbonyl (C=O) groups is 1. The Bertz CT molecular complexity index is 834. The van der Waals surface area contributed by atoms with Gasteiger partial charge in [-0.05, 0) is 36.8 Å². The molecule has 2 aromatic heterocycles. The number of hydrogen-bond acceptors (Lipinski definition) is 5. The summed E-state index contributed by atoms with van der Waals surface area (Å²) in [5, 5.41) is 14.0. The van der Waals surface area contributed by atoms with E-state index in [1.54, 1.807) is 18.3 Å². The Hall–Kier alpha value is -3.28. The minimum absolute atomic E-state index is 0.117. The fraction of sp³-hybridized carbons (Fsp3) is 0.158. The van der Waals surface area contributed by atoms with E-state index in [1.165, 1.54) is 0 Å². The standard InChI is InChI=1S/C19H19N5O/c1-14-5-4-6-15(11-14)12-19(25)22-18-9-8-17(23-24-18)21-13-16-7-2-3-10-20-16/h2-11H,12-13H2,1H3,(H,21,23)(H,22,24,25). The van der Waals surface area contributed by atoms with Gasteiger partial charge in [-0.15, -0.1) is 10.2 Å². The topological polar surface area (TPSA) is 79.8 Å². The fourth-order valence-electron chi connectivity index (χ4n) is 2.37. The monoisotopic (exact) mass is 333 g/mol. The molecule has 6 heteroatoms. The Morgan fingerprint density at radius 3 is 2.56 bits per heavy atom.